The first-order chi connectivity index (χ1) is 12.2. The van der Waals surface area contributed by atoms with E-state index in [9.17, 15) is 0 Å². The molecule has 0 radical (unpaired) electrons. The van der Waals surface area contributed by atoms with Crippen LogP contribution in [-0.4, -0.2) is 4.98 Å². The molecule has 3 nitrogen and oxygen atoms in total. The third kappa shape index (κ3) is 2.92. The number of nitrogens with two attached hydrogens (primary N) is 1. The molecule has 0 saturated carbocycles. The van der Waals surface area contributed by atoms with Crippen molar-refractivity contribution >= 4 is 23.1 Å². The number of pyridine rings is 1. The normalized spacial score (nSPS) is 12.7. The molecule has 4 heteroatoms. The van der Waals surface area contributed by atoms with Gasteiger partial charge in [-0.15, -0.1) is 0 Å². The first-order valence-electron chi connectivity index (χ1n) is 8.47. The predicted molar refractivity (Wildman–Crippen MR) is 104 cm³/mol. The summed E-state index contributed by atoms with van der Waals surface area (Å²) in [6, 6.07) is 19.1. The highest BCUT2D eigenvalue weighted by Gasteiger charge is 2.25. The second-order valence-electron chi connectivity index (χ2n) is 6.33. The van der Waals surface area contributed by atoms with Crippen molar-refractivity contribution in [2.75, 3.05) is 4.90 Å². The molecule has 25 heavy (non-hydrogen) atoms. The number of anilines is 2. The summed E-state index contributed by atoms with van der Waals surface area (Å²) < 4.78 is 0. The monoisotopic (exact) mass is 347 g/mol. The third-order valence-corrected chi connectivity index (χ3v) is 5.82. The van der Waals surface area contributed by atoms with Crippen LogP contribution in [0.4, 0.5) is 11.4 Å². The third-order valence-electron chi connectivity index (χ3n) is 4.70. The number of nitrogens with zero attached hydrogens (tertiary/aromatic N) is 2. The Bertz CT molecular complexity index is 936. The van der Waals surface area contributed by atoms with Crippen LogP contribution in [0.15, 0.2) is 64.4 Å². The van der Waals surface area contributed by atoms with Crippen LogP contribution in [0.2, 0.25) is 0 Å². The van der Waals surface area contributed by atoms with Crippen molar-refractivity contribution in [3.63, 3.8) is 0 Å². The van der Waals surface area contributed by atoms with Crippen molar-refractivity contribution < 1.29 is 0 Å². The van der Waals surface area contributed by atoms with Crippen LogP contribution >= 0.6 is 11.8 Å². The molecule has 2 heterocycles. The Kier molecular flexibility index (Phi) is 4.24. The summed E-state index contributed by atoms with van der Waals surface area (Å²) in [6.45, 7) is 5.59. The zero-order valence-corrected chi connectivity index (χ0v) is 15.3. The molecule has 3 aromatic rings. The highest BCUT2D eigenvalue weighted by atomic mass is 32.2. The van der Waals surface area contributed by atoms with Gasteiger partial charge in [-0.25, -0.2) is 0 Å². The Balaban J connectivity index is 1.84. The van der Waals surface area contributed by atoms with Gasteiger partial charge >= 0.3 is 0 Å². The lowest BCUT2D eigenvalue weighted by atomic mass is 10.1. The van der Waals surface area contributed by atoms with Gasteiger partial charge in [0.25, 0.3) is 0 Å². The van der Waals surface area contributed by atoms with Gasteiger partial charge in [-0.3, -0.25) is 4.98 Å². The van der Waals surface area contributed by atoms with Crippen molar-refractivity contribution in [1.29, 1.82) is 0 Å². The smallest absolute Gasteiger partial charge is 0.0655 e. The van der Waals surface area contributed by atoms with E-state index in [0.29, 0.717) is 6.54 Å². The lowest BCUT2D eigenvalue weighted by Gasteiger charge is -2.34. The molecule has 0 atom stereocenters. The van der Waals surface area contributed by atoms with E-state index in [-0.39, 0.29) is 0 Å². The molecule has 0 saturated heterocycles. The fourth-order valence-electron chi connectivity index (χ4n) is 3.26. The summed E-state index contributed by atoms with van der Waals surface area (Å²) in [5.41, 5.74) is 12.9. The molecule has 0 amide bonds. The fourth-order valence-corrected chi connectivity index (χ4v) is 4.42. The predicted octanol–water partition coefficient (Wildman–Crippen LogP) is 4.96. The van der Waals surface area contributed by atoms with Crippen LogP contribution in [0.5, 0.6) is 0 Å². The first kappa shape index (κ1) is 16.2. The Hall–Kier alpha value is -2.30. The van der Waals surface area contributed by atoms with Gasteiger partial charge in [0.15, 0.2) is 0 Å². The van der Waals surface area contributed by atoms with E-state index in [2.05, 4.69) is 61.2 Å². The van der Waals surface area contributed by atoms with Crippen molar-refractivity contribution in [2.24, 2.45) is 5.73 Å². The van der Waals surface area contributed by atoms with E-state index in [1.807, 2.05) is 23.9 Å². The summed E-state index contributed by atoms with van der Waals surface area (Å²) in [6.07, 6.45) is 0. The van der Waals surface area contributed by atoms with Gasteiger partial charge in [-0.2, -0.15) is 0 Å². The Morgan fingerprint density at radius 3 is 2.56 bits per heavy atom. The molecule has 1 aliphatic heterocycles. The molecule has 4 rings (SSSR count). The van der Waals surface area contributed by atoms with Crippen LogP contribution in [0.25, 0.3) is 0 Å². The molecule has 0 fully saturated rings. The molecule has 126 valence electrons. The van der Waals surface area contributed by atoms with Crippen molar-refractivity contribution in [2.45, 2.75) is 36.7 Å². The molecular formula is C21H21N3S. The lowest BCUT2D eigenvalue weighted by molar-refractivity contribution is 0.866. The van der Waals surface area contributed by atoms with Gasteiger partial charge in [0.05, 0.1) is 29.3 Å². The molecule has 0 bridgehead atoms. The Labute approximate surface area is 152 Å². The minimum absolute atomic E-state index is 0.467. The van der Waals surface area contributed by atoms with Crippen LogP contribution in [0.3, 0.4) is 0 Å². The summed E-state index contributed by atoms with van der Waals surface area (Å²) in [4.78, 5) is 9.69. The molecule has 1 aromatic heterocycles. The summed E-state index contributed by atoms with van der Waals surface area (Å²) in [5, 5.41) is 0. The van der Waals surface area contributed by atoms with E-state index in [4.69, 9.17) is 10.7 Å². The van der Waals surface area contributed by atoms with Gasteiger partial charge in [-0.05, 0) is 55.3 Å². The van der Waals surface area contributed by atoms with Crippen LogP contribution < -0.4 is 10.6 Å². The molecule has 2 aromatic carbocycles. The van der Waals surface area contributed by atoms with Crippen molar-refractivity contribution in [1.82, 2.24) is 4.98 Å². The summed E-state index contributed by atoms with van der Waals surface area (Å²) in [5.74, 6) is 0. The lowest BCUT2D eigenvalue weighted by Crippen LogP contribution is -2.22. The van der Waals surface area contributed by atoms with Crippen molar-refractivity contribution in [3.05, 3.63) is 77.1 Å². The SMILES string of the molecule is Cc1ccc2c(c1C)N(Cc1cccc(CN)n1)c1ccccc1S2. The van der Waals surface area contributed by atoms with Crippen molar-refractivity contribution in [3.8, 4) is 0 Å². The average molecular weight is 347 g/mol. The number of hydrogen-bond donors (Lipinski definition) is 1. The van der Waals surface area contributed by atoms with E-state index in [1.165, 1.54) is 32.3 Å². The number of para-hydroxylation sites is 1. The van der Waals surface area contributed by atoms with E-state index in [1.54, 1.807) is 0 Å². The van der Waals surface area contributed by atoms with Gasteiger partial charge in [0.1, 0.15) is 0 Å². The second-order valence-corrected chi connectivity index (χ2v) is 7.42. The second kappa shape index (κ2) is 6.54. The van der Waals surface area contributed by atoms with Crippen LogP contribution in [-0.2, 0) is 13.1 Å². The molecule has 1 aliphatic rings. The number of rotatable bonds is 3. The quantitative estimate of drug-likeness (QED) is 0.727. The number of aromatic nitrogens is 1. The van der Waals surface area contributed by atoms with Gasteiger partial charge < -0.3 is 10.6 Å². The highest BCUT2D eigenvalue weighted by molar-refractivity contribution is 7.99. The zero-order chi connectivity index (χ0) is 17.4. The molecule has 0 spiro atoms. The van der Waals surface area contributed by atoms with Gasteiger partial charge in [0.2, 0.25) is 0 Å². The van der Waals surface area contributed by atoms with E-state index >= 15 is 0 Å². The van der Waals surface area contributed by atoms with E-state index in [0.717, 1.165) is 17.9 Å². The maximum absolute atomic E-state index is 5.77. The molecule has 0 aliphatic carbocycles. The number of benzene rings is 2. The van der Waals surface area contributed by atoms with Gasteiger partial charge in [-0.1, -0.05) is 36.0 Å². The minimum Gasteiger partial charge on any atom is -0.333 e. The number of aryl methyl sites for hydroxylation is 1. The minimum atomic E-state index is 0.467. The van der Waals surface area contributed by atoms with Gasteiger partial charge in [0, 0.05) is 16.3 Å². The molecule has 2 N–H and O–H groups in total. The summed E-state index contributed by atoms with van der Waals surface area (Å²) >= 11 is 1.85. The Morgan fingerprint density at radius 1 is 0.920 bits per heavy atom. The maximum Gasteiger partial charge on any atom is 0.0655 e. The average Bonchev–Trinajstić information content (AvgIpc) is 2.65. The first-order valence-corrected chi connectivity index (χ1v) is 9.28. The number of hydrogen-bond acceptors (Lipinski definition) is 4. The standard InChI is InChI=1S/C21H21N3S/c1-14-10-11-20-21(15(14)2)24(18-8-3-4-9-19(18)25-20)13-17-7-5-6-16(12-22)23-17/h3-11H,12-13,22H2,1-2H3. The largest absolute Gasteiger partial charge is 0.333 e. The summed E-state index contributed by atoms with van der Waals surface area (Å²) in [7, 11) is 0. The van der Waals surface area contributed by atoms with Crippen LogP contribution in [0, 0.1) is 13.8 Å². The highest BCUT2D eigenvalue weighted by Crippen LogP contribution is 2.50. The van der Waals surface area contributed by atoms with Crippen LogP contribution in [0.1, 0.15) is 22.5 Å². The fraction of sp³-hybridized carbons (Fsp3) is 0.190. The zero-order valence-electron chi connectivity index (χ0n) is 14.5. The maximum atomic E-state index is 5.77. The topological polar surface area (TPSA) is 42.1 Å². The number of fused-ring (bicyclic) bond motifs is 2. The van der Waals surface area contributed by atoms with E-state index < -0.39 is 0 Å². The molecule has 0 unspecified atom stereocenters. The Morgan fingerprint density at radius 2 is 1.72 bits per heavy atom. The molecular weight excluding hydrogens is 326 g/mol.